The van der Waals surface area contributed by atoms with Crippen molar-refractivity contribution in [2.24, 2.45) is 0 Å². The molecule has 1 N–H and O–H groups in total. The van der Waals surface area contributed by atoms with Crippen LogP contribution in [0.3, 0.4) is 0 Å². The number of hydrogen-bond acceptors (Lipinski definition) is 4. The quantitative estimate of drug-likeness (QED) is 0.663. The molecule has 2 rings (SSSR count). The number of non-ortho nitro benzene ring substituents is 1. The van der Waals surface area contributed by atoms with Gasteiger partial charge in [-0.25, -0.2) is 14.5 Å². The number of hydrogen-bond donors (Lipinski definition) is 1. The molecule has 0 spiro atoms. The Hall–Kier alpha value is -2.65. The highest BCUT2D eigenvalue weighted by atomic mass is 19.4. The van der Waals surface area contributed by atoms with E-state index in [1.165, 1.54) is 6.07 Å². The molecular weight excluding hydrogens is 269 g/mol. The number of rotatable bonds is 2. The number of nitrogens with zero attached hydrogens (tertiary/aromatic N) is 3. The first-order valence-electron chi connectivity index (χ1n) is 4.80. The Morgan fingerprint density at radius 2 is 2.05 bits per heavy atom. The normalized spacial score (nSPS) is 11.5. The first-order valence-corrected chi connectivity index (χ1v) is 4.80. The lowest BCUT2D eigenvalue weighted by molar-refractivity contribution is -0.384. The molecule has 0 aliphatic carbocycles. The van der Waals surface area contributed by atoms with Crippen molar-refractivity contribution in [3.63, 3.8) is 0 Å². The molecular formula is C9H5F3N4O3. The third-order valence-electron chi connectivity index (χ3n) is 2.22. The highest BCUT2D eigenvalue weighted by Gasteiger charge is 2.38. The number of nitro groups is 1. The van der Waals surface area contributed by atoms with Crippen molar-refractivity contribution in [3.05, 3.63) is 50.7 Å². The van der Waals surface area contributed by atoms with E-state index in [9.17, 15) is 28.1 Å². The van der Waals surface area contributed by atoms with Gasteiger partial charge in [0.2, 0.25) is 5.82 Å². The van der Waals surface area contributed by atoms with Gasteiger partial charge < -0.3 is 0 Å². The van der Waals surface area contributed by atoms with Gasteiger partial charge in [-0.05, 0) is 6.07 Å². The average Bonchev–Trinajstić information content (AvgIpc) is 2.71. The Labute approximate surface area is 102 Å². The van der Waals surface area contributed by atoms with E-state index in [1.54, 1.807) is 5.10 Å². The van der Waals surface area contributed by atoms with Crippen molar-refractivity contribution in [1.82, 2.24) is 14.8 Å². The molecule has 0 aliphatic rings. The van der Waals surface area contributed by atoms with Crippen molar-refractivity contribution in [1.29, 1.82) is 0 Å². The fraction of sp³-hybridized carbons (Fsp3) is 0.111. The van der Waals surface area contributed by atoms with E-state index in [0.717, 1.165) is 18.2 Å². The number of H-pyrrole nitrogens is 1. The smallest absolute Gasteiger partial charge is 0.258 e. The summed E-state index contributed by atoms with van der Waals surface area (Å²) in [7, 11) is 0. The van der Waals surface area contributed by atoms with Gasteiger partial charge in [0.25, 0.3) is 5.69 Å². The maximum absolute atomic E-state index is 12.6. The van der Waals surface area contributed by atoms with E-state index in [4.69, 9.17) is 0 Å². The molecule has 0 unspecified atom stereocenters. The topological polar surface area (TPSA) is 93.8 Å². The highest BCUT2D eigenvalue weighted by molar-refractivity contribution is 5.43. The second kappa shape index (κ2) is 4.23. The molecule has 10 heteroatoms. The average molecular weight is 274 g/mol. The third-order valence-corrected chi connectivity index (χ3v) is 2.22. The van der Waals surface area contributed by atoms with Crippen LogP contribution in [0, 0.1) is 10.1 Å². The van der Waals surface area contributed by atoms with E-state index in [1.807, 2.05) is 0 Å². The number of aromatic nitrogens is 3. The summed E-state index contributed by atoms with van der Waals surface area (Å²) in [6, 6.07) is 4.26. The molecule has 0 amide bonds. The van der Waals surface area contributed by atoms with Crippen LogP contribution in [0.5, 0.6) is 0 Å². The monoisotopic (exact) mass is 274 g/mol. The number of halogens is 3. The lowest BCUT2D eigenvalue weighted by Gasteiger charge is -2.07. The molecule has 7 nitrogen and oxygen atoms in total. The van der Waals surface area contributed by atoms with Crippen molar-refractivity contribution >= 4 is 5.69 Å². The number of nitrogens with one attached hydrogen (secondary N) is 1. The van der Waals surface area contributed by atoms with E-state index in [2.05, 4.69) is 5.10 Å². The molecule has 0 saturated carbocycles. The maximum atomic E-state index is 12.6. The van der Waals surface area contributed by atoms with E-state index in [-0.39, 0.29) is 10.3 Å². The summed E-state index contributed by atoms with van der Waals surface area (Å²) in [5.41, 5.74) is -1.85. The summed E-state index contributed by atoms with van der Waals surface area (Å²) in [6.07, 6.45) is -4.86. The molecule has 19 heavy (non-hydrogen) atoms. The number of benzene rings is 1. The largest absolute Gasteiger partial charge is 0.452 e. The minimum atomic E-state index is -4.86. The molecule has 2 aromatic rings. The third kappa shape index (κ3) is 2.32. The Morgan fingerprint density at radius 3 is 2.63 bits per heavy atom. The molecule has 0 aliphatic heterocycles. The van der Waals surface area contributed by atoms with Crippen molar-refractivity contribution in [2.45, 2.75) is 6.18 Å². The zero-order chi connectivity index (χ0) is 14.2. The molecule has 1 aromatic heterocycles. The second-order valence-corrected chi connectivity index (χ2v) is 3.46. The molecule has 1 heterocycles. The van der Waals surface area contributed by atoms with Crippen molar-refractivity contribution < 1.29 is 18.1 Å². The van der Waals surface area contributed by atoms with Gasteiger partial charge in [-0.15, -0.1) is 5.10 Å². The van der Waals surface area contributed by atoms with Gasteiger partial charge >= 0.3 is 11.9 Å². The van der Waals surface area contributed by atoms with Crippen LogP contribution in [0.15, 0.2) is 29.1 Å². The van der Waals surface area contributed by atoms with Crippen LogP contribution >= 0.6 is 0 Å². The zero-order valence-corrected chi connectivity index (χ0v) is 9.01. The highest BCUT2D eigenvalue weighted by Crippen LogP contribution is 2.28. The summed E-state index contributed by atoms with van der Waals surface area (Å²) in [6.45, 7) is 0. The predicted molar refractivity (Wildman–Crippen MR) is 55.8 cm³/mol. The zero-order valence-electron chi connectivity index (χ0n) is 9.01. The lowest BCUT2D eigenvalue weighted by Crippen LogP contribution is -2.21. The van der Waals surface area contributed by atoms with Gasteiger partial charge in [0.05, 0.1) is 10.6 Å². The molecule has 0 radical (unpaired) electrons. The lowest BCUT2D eigenvalue weighted by atomic mass is 10.3. The molecule has 0 fully saturated rings. The molecule has 100 valence electrons. The fourth-order valence-corrected chi connectivity index (χ4v) is 1.47. The Kier molecular flexibility index (Phi) is 2.85. The summed E-state index contributed by atoms with van der Waals surface area (Å²) in [4.78, 5) is 21.1. The van der Waals surface area contributed by atoms with Crippen LogP contribution in [0.4, 0.5) is 18.9 Å². The van der Waals surface area contributed by atoms with Gasteiger partial charge in [-0.3, -0.25) is 10.1 Å². The van der Waals surface area contributed by atoms with Crippen molar-refractivity contribution in [2.75, 3.05) is 0 Å². The van der Waals surface area contributed by atoms with Crippen LogP contribution < -0.4 is 5.69 Å². The first kappa shape index (κ1) is 12.8. The summed E-state index contributed by atoms with van der Waals surface area (Å²) in [5.74, 6) is -1.47. The Morgan fingerprint density at radius 1 is 1.37 bits per heavy atom. The SMILES string of the molecule is O=c1[nH]nc(C(F)(F)F)n1-c1cccc([N+](=O)[O-])c1. The summed E-state index contributed by atoms with van der Waals surface area (Å²) in [5, 5.41) is 15.1. The van der Waals surface area contributed by atoms with Crippen LogP contribution in [0.1, 0.15) is 5.82 Å². The van der Waals surface area contributed by atoms with E-state index in [0.29, 0.717) is 0 Å². The predicted octanol–water partition coefficient (Wildman–Crippen LogP) is 1.49. The van der Waals surface area contributed by atoms with Gasteiger partial charge in [0, 0.05) is 12.1 Å². The molecule has 0 bridgehead atoms. The molecule has 0 atom stereocenters. The number of nitro benzene ring substituents is 1. The summed E-state index contributed by atoms with van der Waals surface area (Å²) < 4.78 is 38.1. The number of alkyl halides is 3. The van der Waals surface area contributed by atoms with Gasteiger partial charge in [0.1, 0.15) is 0 Å². The maximum Gasteiger partial charge on any atom is 0.452 e. The standard InChI is InChI=1S/C9H5F3N4O3/c10-9(11,12)7-13-14-8(17)15(7)5-2-1-3-6(4-5)16(18)19/h1-4H,(H,14,17). The first-order chi connectivity index (χ1) is 8.80. The minimum Gasteiger partial charge on any atom is -0.258 e. The van der Waals surface area contributed by atoms with Crippen molar-refractivity contribution in [3.8, 4) is 5.69 Å². The van der Waals surface area contributed by atoms with Gasteiger partial charge in [0.15, 0.2) is 0 Å². The van der Waals surface area contributed by atoms with E-state index < -0.39 is 28.3 Å². The van der Waals surface area contributed by atoms with Crippen LogP contribution in [-0.2, 0) is 6.18 Å². The van der Waals surface area contributed by atoms with Crippen LogP contribution in [-0.4, -0.2) is 19.7 Å². The van der Waals surface area contributed by atoms with Crippen LogP contribution in [0.2, 0.25) is 0 Å². The van der Waals surface area contributed by atoms with Gasteiger partial charge in [-0.2, -0.15) is 13.2 Å². The molecule has 1 aromatic carbocycles. The molecule has 0 saturated heterocycles. The second-order valence-electron chi connectivity index (χ2n) is 3.46. The Bertz CT molecular complexity index is 689. The fourth-order valence-electron chi connectivity index (χ4n) is 1.47. The Balaban J connectivity index is 2.66. The minimum absolute atomic E-state index is 0.229. The van der Waals surface area contributed by atoms with Gasteiger partial charge in [-0.1, -0.05) is 6.07 Å². The van der Waals surface area contributed by atoms with Crippen LogP contribution in [0.25, 0.3) is 5.69 Å². The number of aromatic amines is 1. The van der Waals surface area contributed by atoms with E-state index >= 15 is 0 Å². The summed E-state index contributed by atoms with van der Waals surface area (Å²) >= 11 is 0.